The van der Waals surface area contributed by atoms with Crippen molar-refractivity contribution >= 4 is 46.4 Å². The summed E-state index contributed by atoms with van der Waals surface area (Å²) in [6.45, 7) is 0.974. The molecule has 0 aliphatic carbocycles. The van der Waals surface area contributed by atoms with Crippen LogP contribution in [0.5, 0.6) is 11.5 Å². The number of benzene rings is 4. The van der Waals surface area contributed by atoms with E-state index < -0.39 is 5.41 Å². The Morgan fingerprint density at radius 2 is 1.11 bits per heavy atom. The maximum Gasteiger partial charge on any atom is 0.225 e. The normalized spacial score (nSPS) is 12.8. The highest BCUT2D eigenvalue weighted by molar-refractivity contribution is 6.31. The molecular formula is C29H22Cl3NO3. The zero-order valence-electron chi connectivity index (χ0n) is 19.1. The van der Waals surface area contributed by atoms with Crippen molar-refractivity contribution in [2.45, 2.75) is 11.8 Å². The number of ether oxygens (including phenoxy) is 2. The van der Waals surface area contributed by atoms with Crippen LogP contribution in [0.15, 0.2) is 91.0 Å². The van der Waals surface area contributed by atoms with E-state index in [0.29, 0.717) is 45.5 Å². The number of anilines is 1. The molecule has 0 aromatic heterocycles. The molecule has 5 rings (SSSR count). The van der Waals surface area contributed by atoms with Crippen molar-refractivity contribution in [3.05, 3.63) is 123 Å². The number of hydrogen-bond donors (Lipinski definition) is 1. The fourth-order valence-corrected chi connectivity index (χ4v) is 4.95. The highest BCUT2D eigenvalue weighted by Gasteiger charge is 2.39. The van der Waals surface area contributed by atoms with Crippen molar-refractivity contribution in [3.8, 4) is 11.5 Å². The highest BCUT2D eigenvalue weighted by Crippen LogP contribution is 2.44. The summed E-state index contributed by atoms with van der Waals surface area (Å²) in [5, 5.41) is 4.87. The Kier molecular flexibility index (Phi) is 7.10. The standard InChI is InChI=1S/C29H22Cl3NO3/c30-22-7-1-19(2-8-22)29(20-3-9-23(31)10-4-20,21-5-11-24(32)12-6-21)18-28(34)33-25-13-14-26-27(17-25)36-16-15-35-26/h1-14,17H,15-16,18H2,(H,33,34). The van der Waals surface area contributed by atoms with E-state index in [9.17, 15) is 4.79 Å². The van der Waals surface area contributed by atoms with Gasteiger partial charge in [-0.2, -0.15) is 0 Å². The Morgan fingerprint density at radius 3 is 1.58 bits per heavy atom. The lowest BCUT2D eigenvalue weighted by Gasteiger charge is -2.36. The van der Waals surface area contributed by atoms with Crippen molar-refractivity contribution < 1.29 is 14.3 Å². The van der Waals surface area contributed by atoms with Gasteiger partial charge in [0, 0.05) is 33.2 Å². The van der Waals surface area contributed by atoms with Crippen LogP contribution in [-0.2, 0) is 10.2 Å². The number of carbonyl (C=O) groups excluding carboxylic acids is 1. The second kappa shape index (κ2) is 10.4. The van der Waals surface area contributed by atoms with Gasteiger partial charge in [0.2, 0.25) is 5.91 Å². The van der Waals surface area contributed by atoms with Gasteiger partial charge in [-0.15, -0.1) is 0 Å². The third kappa shape index (κ3) is 5.03. The number of amides is 1. The van der Waals surface area contributed by atoms with Crippen LogP contribution in [0, 0.1) is 0 Å². The zero-order chi connectivity index (χ0) is 25.1. The van der Waals surface area contributed by atoms with Gasteiger partial charge in [-0.05, 0) is 65.2 Å². The molecule has 0 unspecified atom stereocenters. The zero-order valence-corrected chi connectivity index (χ0v) is 21.4. The fraction of sp³-hybridized carbons (Fsp3) is 0.138. The highest BCUT2D eigenvalue weighted by atomic mass is 35.5. The first-order chi connectivity index (χ1) is 17.4. The van der Waals surface area contributed by atoms with Crippen molar-refractivity contribution in [3.63, 3.8) is 0 Å². The Bertz CT molecular complexity index is 1260. The number of carbonyl (C=O) groups is 1. The van der Waals surface area contributed by atoms with E-state index >= 15 is 0 Å². The van der Waals surface area contributed by atoms with Gasteiger partial charge in [0.25, 0.3) is 0 Å². The molecule has 4 aromatic rings. The molecule has 0 bridgehead atoms. The molecule has 182 valence electrons. The summed E-state index contributed by atoms with van der Waals surface area (Å²) >= 11 is 18.7. The van der Waals surface area contributed by atoms with Crippen LogP contribution in [0.4, 0.5) is 5.69 Å². The van der Waals surface area contributed by atoms with E-state index in [1.807, 2.05) is 72.8 Å². The van der Waals surface area contributed by atoms with Gasteiger partial charge >= 0.3 is 0 Å². The van der Waals surface area contributed by atoms with E-state index in [4.69, 9.17) is 44.3 Å². The Hall–Kier alpha value is -3.18. The van der Waals surface area contributed by atoms with E-state index in [1.165, 1.54) is 0 Å². The van der Waals surface area contributed by atoms with Crippen LogP contribution in [0.1, 0.15) is 23.1 Å². The molecule has 7 heteroatoms. The Morgan fingerprint density at radius 1 is 0.667 bits per heavy atom. The molecule has 0 radical (unpaired) electrons. The van der Waals surface area contributed by atoms with Crippen LogP contribution >= 0.6 is 34.8 Å². The minimum Gasteiger partial charge on any atom is -0.486 e. The monoisotopic (exact) mass is 537 g/mol. The molecule has 1 N–H and O–H groups in total. The summed E-state index contributed by atoms with van der Waals surface area (Å²) in [4.78, 5) is 13.7. The summed E-state index contributed by atoms with van der Waals surface area (Å²) in [6, 6.07) is 28.0. The van der Waals surface area contributed by atoms with E-state index in [2.05, 4.69) is 5.32 Å². The number of fused-ring (bicyclic) bond motifs is 1. The number of rotatable bonds is 6. The van der Waals surface area contributed by atoms with Gasteiger partial charge < -0.3 is 14.8 Å². The van der Waals surface area contributed by atoms with Crippen LogP contribution in [0.3, 0.4) is 0 Å². The van der Waals surface area contributed by atoms with Crippen LogP contribution in [-0.4, -0.2) is 19.1 Å². The van der Waals surface area contributed by atoms with Crippen molar-refractivity contribution in [2.24, 2.45) is 0 Å². The first-order valence-electron chi connectivity index (χ1n) is 11.4. The lowest BCUT2D eigenvalue weighted by atomic mass is 9.67. The van der Waals surface area contributed by atoms with Gasteiger partial charge in [-0.1, -0.05) is 71.2 Å². The SMILES string of the molecule is O=C(CC(c1ccc(Cl)cc1)(c1ccc(Cl)cc1)c1ccc(Cl)cc1)Nc1ccc2c(c1)OCCO2. The summed E-state index contributed by atoms with van der Waals surface area (Å²) in [5.41, 5.74) is 2.52. The molecule has 1 aliphatic heterocycles. The molecule has 0 saturated carbocycles. The Balaban J connectivity index is 1.59. The fourth-order valence-electron chi connectivity index (χ4n) is 4.58. The lowest BCUT2D eigenvalue weighted by Crippen LogP contribution is -2.34. The molecule has 36 heavy (non-hydrogen) atoms. The van der Waals surface area contributed by atoms with E-state index in [0.717, 1.165) is 16.7 Å². The average Bonchev–Trinajstić information content (AvgIpc) is 2.89. The summed E-state index contributed by atoms with van der Waals surface area (Å²) in [7, 11) is 0. The maximum atomic E-state index is 13.7. The topological polar surface area (TPSA) is 47.6 Å². The van der Waals surface area contributed by atoms with Crippen LogP contribution in [0.25, 0.3) is 0 Å². The van der Waals surface area contributed by atoms with Crippen molar-refractivity contribution in [1.82, 2.24) is 0 Å². The average molecular weight is 539 g/mol. The minimum atomic E-state index is -0.836. The number of nitrogens with one attached hydrogen (secondary N) is 1. The second-order valence-corrected chi connectivity index (χ2v) is 9.82. The predicted octanol–water partition coefficient (Wildman–Crippen LogP) is 7.78. The number of halogens is 3. The summed E-state index contributed by atoms with van der Waals surface area (Å²) in [6.07, 6.45) is 0.117. The molecule has 4 nitrogen and oxygen atoms in total. The molecule has 1 aliphatic rings. The first kappa shape index (κ1) is 24.5. The largest absolute Gasteiger partial charge is 0.486 e. The predicted molar refractivity (Wildman–Crippen MR) is 145 cm³/mol. The van der Waals surface area contributed by atoms with Gasteiger partial charge in [0.15, 0.2) is 11.5 Å². The minimum absolute atomic E-state index is 0.117. The smallest absolute Gasteiger partial charge is 0.225 e. The molecule has 0 fully saturated rings. The molecule has 0 spiro atoms. The van der Waals surface area contributed by atoms with Gasteiger partial charge in [0.05, 0.1) is 5.41 Å². The third-order valence-electron chi connectivity index (χ3n) is 6.26. The summed E-state index contributed by atoms with van der Waals surface area (Å²) in [5.74, 6) is 1.10. The maximum absolute atomic E-state index is 13.7. The van der Waals surface area contributed by atoms with Gasteiger partial charge in [-0.25, -0.2) is 0 Å². The van der Waals surface area contributed by atoms with Crippen LogP contribution in [0.2, 0.25) is 15.1 Å². The lowest BCUT2D eigenvalue weighted by molar-refractivity contribution is -0.116. The molecule has 1 heterocycles. The van der Waals surface area contributed by atoms with E-state index in [1.54, 1.807) is 18.2 Å². The third-order valence-corrected chi connectivity index (χ3v) is 7.02. The molecule has 1 amide bonds. The van der Waals surface area contributed by atoms with Crippen LogP contribution < -0.4 is 14.8 Å². The molecular weight excluding hydrogens is 517 g/mol. The van der Waals surface area contributed by atoms with Crippen molar-refractivity contribution in [2.75, 3.05) is 18.5 Å². The quantitative estimate of drug-likeness (QED) is 0.255. The molecule has 0 saturated heterocycles. The Labute approximate surface area is 224 Å². The molecule has 0 atom stereocenters. The number of hydrogen-bond acceptors (Lipinski definition) is 3. The van der Waals surface area contributed by atoms with E-state index in [-0.39, 0.29) is 12.3 Å². The van der Waals surface area contributed by atoms with Gasteiger partial charge in [0.1, 0.15) is 13.2 Å². The summed E-state index contributed by atoms with van der Waals surface area (Å²) < 4.78 is 11.3. The molecule has 4 aromatic carbocycles. The second-order valence-electron chi connectivity index (χ2n) is 8.51. The van der Waals surface area contributed by atoms with Gasteiger partial charge in [-0.3, -0.25) is 4.79 Å². The van der Waals surface area contributed by atoms with Crippen molar-refractivity contribution in [1.29, 1.82) is 0 Å². The first-order valence-corrected chi connectivity index (χ1v) is 12.5.